The summed E-state index contributed by atoms with van der Waals surface area (Å²) in [6.45, 7) is 0. The van der Waals surface area contributed by atoms with Crippen molar-refractivity contribution in [3.63, 3.8) is 0 Å². The van der Waals surface area contributed by atoms with Gasteiger partial charge in [0.15, 0.2) is 28.2 Å². The molecule has 1 aromatic heterocycles. The number of nitro benzene ring substituents is 1. The molecule has 10 nitrogen and oxygen atoms in total. The van der Waals surface area contributed by atoms with Gasteiger partial charge >= 0.3 is 0 Å². The lowest BCUT2D eigenvalue weighted by Gasteiger charge is -2.10. The third kappa shape index (κ3) is 4.19. The maximum absolute atomic E-state index is 12.7. The Labute approximate surface area is 192 Å². The zero-order valence-electron chi connectivity index (χ0n) is 16.3. The van der Waals surface area contributed by atoms with Gasteiger partial charge in [0, 0.05) is 17.3 Å². The van der Waals surface area contributed by atoms with Crippen molar-refractivity contribution in [3.05, 3.63) is 80.0 Å². The number of nitrogens with one attached hydrogen (secondary N) is 1. The predicted molar refractivity (Wildman–Crippen MR) is 121 cm³/mol. The fourth-order valence-corrected chi connectivity index (χ4v) is 4.08. The average molecular weight is 489 g/mol. The summed E-state index contributed by atoms with van der Waals surface area (Å²) in [6, 6.07) is 11.5. The molecule has 0 saturated heterocycles. The van der Waals surface area contributed by atoms with E-state index in [0.717, 1.165) is 12.1 Å². The molecule has 1 unspecified atom stereocenters. The predicted octanol–water partition coefficient (Wildman–Crippen LogP) is 4.27. The molecule has 0 amide bonds. The third-order valence-corrected chi connectivity index (χ3v) is 6.07. The highest BCUT2D eigenvalue weighted by Gasteiger charge is 2.19. The van der Waals surface area contributed by atoms with E-state index in [-0.39, 0.29) is 43.6 Å². The van der Waals surface area contributed by atoms with E-state index < -0.39 is 38.5 Å². The molecule has 0 fully saturated rings. The number of hydrogen-bond acceptors (Lipinski definition) is 8. The summed E-state index contributed by atoms with van der Waals surface area (Å²) >= 11 is 5.77. The van der Waals surface area contributed by atoms with Crippen LogP contribution in [0.2, 0.25) is 5.02 Å². The normalized spacial score (nSPS) is 11.9. The monoisotopic (exact) mass is 488 g/mol. The van der Waals surface area contributed by atoms with Gasteiger partial charge in [-0.05, 0) is 48.5 Å². The van der Waals surface area contributed by atoms with Gasteiger partial charge in [0.05, 0.1) is 15.2 Å². The third-order valence-electron chi connectivity index (χ3n) is 4.64. The second-order valence-corrected chi connectivity index (χ2v) is 8.38. The number of nitro groups is 1. The van der Waals surface area contributed by atoms with E-state index in [4.69, 9.17) is 16.0 Å². The van der Waals surface area contributed by atoms with Crippen LogP contribution in [0.25, 0.3) is 22.3 Å². The van der Waals surface area contributed by atoms with Gasteiger partial charge in [-0.2, -0.15) is 0 Å². The number of benzene rings is 3. The molecule has 0 bridgehead atoms. The molecular weight excluding hydrogens is 476 g/mol. The zero-order valence-corrected chi connectivity index (χ0v) is 17.9. The summed E-state index contributed by atoms with van der Waals surface area (Å²) in [4.78, 5) is 23.2. The number of phenolic OH excluding ortho intramolecular Hbond substituents is 2. The summed E-state index contributed by atoms with van der Waals surface area (Å²) in [7, 11) is -1.92. The molecule has 1 atom stereocenters. The number of anilines is 1. The van der Waals surface area contributed by atoms with Crippen molar-refractivity contribution in [2.75, 3.05) is 4.72 Å². The molecule has 0 spiro atoms. The fraction of sp³-hybridized carbons (Fsp3) is 0. The largest absolute Gasteiger partial charge is 0.504 e. The lowest BCUT2D eigenvalue weighted by Crippen LogP contribution is -2.07. The van der Waals surface area contributed by atoms with Gasteiger partial charge in [-0.15, -0.1) is 0 Å². The number of rotatable bonds is 5. The van der Waals surface area contributed by atoms with E-state index in [2.05, 4.69) is 4.72 Å². The highest BCUT2D eigenvalue weighted by atomic mass is 35.5. The van der Waals surface area contributed by atoms with Crippen LogP contribution < -0.4 is 10.2 Å². The van der Waals surface area contributed by atoms with Crippen molar-refractivity contribution in [3.8, 4) is 28.6 Å². The maximum Gasteiger partial charge on any atom is 0.289 e. The molecule has 12 heteroatoms. The SMILES string of the molecule is O=c1c(O)c(-c2ccc(O)c(O)c2)oc2ccc(NS(=O)c3ccc(Cl)c([N+](=O)[O-])c3)cc12. The van der Waals surface area contributed by atoms with Crippen LogP contribution in [0.5, 0.6) is 17.2 Å². The van der Waals surface area contributed by atoms with E-state index >= 15 is 0 Å². The summed E-state index contributed by atoms with van der Waals surface area (Å²) < 4.78 is 20.9. The minimum atomic E-state index is -1.92. The van der Waals surface area contributed by atoms with Gasteiger partial charge in [-0.25, -0.2) is 4.21 Å². The molecule has 0 aliphatic rings. The smallest absolute Gasteiger partial charge is 0.289 e. The van der Waals surface area contributed by atoms with Crippen molar-refractivity contribution >= 4 is 44.9 Å². The van der Waals surface area contributed by atoms with E-state index in [1.165, 1.54) is 42.5 Å². The first-order valence-corrected chi connectivity index (χ1v) is 10.6. The molecule has 0 saturated carbocycles. The Bertz CT molecular complexity index is 1520. The minimum absolute atomic E-state index is 0.0247. The van der Waals surface area contributed by atoms with E-state index in [1.54, 1.807) is 0 Å². The van der Waals surface area contributed by atoms with Crippen LogP contribution in [0.1, 0.15) is 0 Å². The molecule has 0 aliphatic carbocycles. The summed E-state index contributed by atoms with van der Waals surface area (Å²) in [5, 5.41) is 40.4. The number of fused-ring (bicyclic) bond motifs is 1. The molecule has 4 N–H and O–H groups in total. The molecule has 4 rings (SSSR count). The molecular formula is C21H13ClN2O8S. The van der Waals surface area contributed by atoms with Crippen molar-refractivity contribution in [2.45, 2.75) is 4.90 Å². The van der Waals surface area contributed by atoms with Crippen molar-refractivity contribution in [2.24, 2.45) is 0 Å². The Hall–Kier alpha value is -4.09. The van der Waals surface area contributed by atoms with Crippen LogP contribution in [0.4, 0.5) is 11.4 Å². The molecule has 1 heterocycles. The number of phenols is 2. The quantitative estimate of drug-likeness (QED) is 0.184. The lowest BCUT2D eigenvalue weighted by atomic mass is 10.1. The van der Waals surface area contributed by atoms with Crippen LogP contribution >= 0.6 is 11.6 Å². The highest BCUT2D eigenvalue weighted by molar-refractivity contribution is 7.86. The summed E-state index contributed by atoms with van der Waals surface area (Å²) in [6.07, 6.45) is 0. The number of aromatic hydroxyl groups is 3. The van der Waals surface area contributed by atoms with Crippen molar-refractivity contribution in [1.82, 2.24) is 0 Å². The van der Waals surface area contributed by atoms with Gasteiger partial charge in [0.2, 0.25) is 11.2 Å². The van der Waals surface area contributed by atoms with Crippen molar-refractivity contribution in [1.29, 1.82) is 0 Å². The standard InChI is InChI=1S/C21H13ClN2O8S/c22-14-4-3-12(9-15(14)24(29)30)33(31)23-11-2-6-18-13(8-11)19(27)20(28)21(32-18)10-1-5-16(25)17(26)7-10/h1-9,23,25-26,28H. The fourth-order valence-electron chi connectivity index (χ4n) is 3.02. The second-order valence-electron chi connectivity index (χ2n) is 6.76. The van der Waals surface area contributed by atoms with Gasteiger partial charge < -0.3 is 24.5 Å². The molecule has 168 valence electrons. The molecule has 0 radical (unpaired) electrons. The van der Waals surface area contributed by atoms with Crippen LogP contribution in [-0.2, 0) is 11.0 Å². The first kappa shape index (κ1) is 22.1. The van der Waals surface area contributed by atoms with Crippen LogP contribution in [0, 0.1) is 10.1 Å². The first-order valence-electron chi connectivity index (χ1n) is 9.10. The van der Waals surface area contributed by atoms with E-state index in [9.17, 15) is 34.4 Å². The Morgan fingerprint density at radius 3 is 2.45 bits per heavy atom. The second kappa shape index (κ2) is 8.45. The molecule has 3 aromatic carbocycles. The Morgan fingerprint density at radius 1 is 1.00 bits per heavy atom. The van der Waals surface area contributed by atoms with Crippen molar-refractivity contribution < 1.29 is 28.9 Å². The van der Waals surface area contributed by atoms with Gasteiger partial charge in [0.25, 0.3) is 5.69 Å². The number of halogens is 1. The Balaban J connectivity index is 1.70. The Kier molecular flexibility index (Phi) is 5.66. The molecule has 0 aliphatic heterocycles. The number of hydrogen-bond donors (Lipinski definition) is 4. The van der Waals surface area contributed by atoms with Gasteiger partial charge in [-0.3, -0.25) is 14.9 Å². The summed E-state index contributed by atoms with van der Waals surface area (Å²) in [5.41, 5.74) is -0.704. The average Bonchev–Trinajstić information content (AvgIpc) is 2.78. The van der Waals surface area contributed by atoms with Crippen LogP contribution in [0.15, 0.2) is 68.7 Å². The summed E-state index contributed by atoms with van der Waals surface area (Å²) in [5.74, 6) is -1.77. The zero-order chi connectivity index (χ0) is 23.9. The number of nitrogens with zero attached hydrogens (tertiary/aromatic N) is 1. The van der Waals surface area contributed by atoms with Gasteiger partial charge in [0.1, 0.15) is 10.6 Å². The minimum Gasteiger partial charge on any atom is -0.504 e. The highest BCUT2D eigenvalue weighted by Crippen LogP contribution is 2.35. The molecule has 4 aromatic rings. The first-order chi connectivity index (χ1) is 15.7. The lowest BCUT2D eigenvalue weighted by molar-refractivity contribution is -0.384. The van der Waals surface area contributed by atoms with E-state index in [1.807, 2.05) is 0 Å². The van der Waals surface area contributed by atoms with Crippen LogP contribution in [0.3, 0.4) is 0 Å². The maximum atomic E-state index is 12.7. The van der Waals surface area contributed by atoms with Gasteiger partial charge in [-0.1, -0.05) is 11.6 Å². The van der Waals surface area contributed by atoms with E-state index in [0.29, 0.717) is 0 Å². The topological polar surface area (TPSA) is 163 Å². The Morgan fingerprint density at radius 2 is 1.76 bits per heavy atom. The molecule has 33 heavy (non-hydrogen) atoms. The van der Waals surface area contributed by atoms with Crippen LogP contribution in [-0.4, -0.2) is 24.5 Å².